The minimum atomic E-state index is -3.92. The highest BCUT2D eigenvalue weighted by atomic mass is 35.5. The molecule has 0 radical (unpaired) electrons. The number of rotatable bonds is 6. The van der Waals surface area contributed by atoms with Crippen LogP contribution in [0.5, 0.6) is 0 Å². The van der Waals surface area contributed by atoms with Gasteiger partial charge < -0.3 is 5.73 Å². The van der Waals surface area contributed by atoms with Crippen LogP contribution >= 0.6 is 12.4 Å². The van der Waals surface area contributed by atoms with Gasteiger partial charge in [-0.25, -0.2) is 17.5 Å². The Morgan fingerprint density at radius 3 is 2.12 bits per heavy atom. The third-order valence-electron chi connectivity index (χ3n) is 3.65. The maximum Gasteiger partial charge on any atom is 0.243 e. The summed E-state index contributed by atoms with van der Waals surface area (Å²) >= 11 is 0. The molecule has 0 saturated heterocycles. The molecule has 4 nitrogen and oxygen atoms in total. The van der Waals surface area contributed by atoms with Crippen LogP contribution in [0.25, 0.3) is 0 Å². The van der Waals surface area contributed by atoms with Gasteiger partial charge in [-0.3, -0.25) is 0 Å². The molecule has 0 fully saturated rings. The van der Waals surface area contributed by atoms with Gasteiger partial charge in [0.1, 0.15) is 10.7 Å². The van der Waals surface area contributed by atoms with Gasteiger partial charge in [0, 0.05) is 12.6 Å². The van der Waals surface area contributed by atoms with Crippen molar-refractivity contribution in [2.75, 3.05) is 6.54 Å². The molecule has 24 heavy (non-hydrogen) atoms. The van der Waals surface area contributed by atoms with Gasteiger partial charge in [-0.05, 0) is 29.2 Å². The lowest BCUT2D eigenvalue weighted by molar-refractivity contribution is 0.551. The van der Waals surface area contributed by atoms with Gasteiger partial charge in [-0.1, -0.05) is 50.2 Å². The first kappa shape index (κ1) is 20.6. The summed E-state index contributed by atoms with van der Waals surface area (Å²) in [5.74, 6) is -0.366. The first-order valence-corrected chi connectivity index (χ1v) is 8.89. The van der Waals surface area contributed by atoms with Gasteiger partial charge >= 0.3 is 0 Å². The molecule has 2 rings (SSSR count). The molecule has 1 atom stereocenters. The van der Waals surface area contributed by atoms with E-state index in [1.54, 1.807) is 0 Å². The average molecular weight is 373 g/mol. The molecular weight excluding hydrogens is 351 g/mol. The summed E-state index contributed by atoms with van der Waals surface area (Å²) in [6, 6.07) is 12.5. The molecule has 0 bridgehead atoms. The van der Waals surface area contributed by atoms with Crippen LogP contribution in [0.1, 0.15) is 36.9 Å². The van der Waals surface area contributed by atoms with Crippen molar-refractivity contribution < 1.29 is 12.8 Å². The highest BCUT2D eigenvalue weighted by Gasteiger charge is 2.19. The molecule has 0 aliphatic rings. The standard InChI is InChI=1S/C17H21FN2O2S.ClH/c1-12(2)13-7-9-14(10-8-13)16(19)11-20-23(21,22)17-6-4-3-5-15(17)18;/h3-10,12,16,20H,11,19H2,1-2H3;1H. The number of halogens is 2. The molecule has 0 spiro atoms. The van der Waals surface area contributed by atoms with Crippen LogP contribution in [-0.4, -0.2) is 15.0 Å². The molecule has 0 aliphatic heterocycles. The van der Waals surface area contributed by atoms with Crippen molar-refractivity contribution >= 4 is 22.4 Å². The molecule has 0 saturated carbocycles. The predicted octanol–water partition coefficient (Wildman–Crippen LogP) is 3.35. The molecule has 3 N–H and O–H groups in total. The van der Waals surface area contributed by atoms with E-state index in [4.69, 9.17) is 5.73 Å². The fourth-order valence-corrected chi connectivity index (χ4v) is 3.32. The van der Waals surface area contributed by atoms with E-state index in [2.05, 4.69) is 18.6 Å². The smallest absolute Gasteiger partial charge is 0.243 e. The van der Waals surface area contributed by atoms with E-state index in [0.29, 0.717) is 5.92 Å². The number of nitrogens with one attached hydrogen (secondary N) is 1. The van der Waals surface area contributed by atoms with Gasteiger partial charge in [-0.15, -0.1) is 12.4 Å². The molecule has 0 heterocycles. The van der Waals surface area contributed by atoms with Crippen molar-refractivity contribution in [3.63, 3.8) is 0 Å². The van der Waals surface area contributed by atoms with Crippen molar-refractivity contribution in [3.8, 4) is 0 Å². The first-order chi connectivity index (χ1) is 10.8. The van der Waals surface area contributed by atoms with Gasteiger partial charge in [0.05, 0.1) is 0 Å². The third-order valence-corrected chi connectivity index (χ3v) is 5.11. The van der Waals surface area contributed by atoms with E-state index in [9.17, 15) is 12.8 Å². The highest BCUT2D eigenvalue weighted by Crippen LogP contribution is 2.18. The molecule has 0 aromatic heterocycles. The fraction of sp³-hybridized carbons (Fsp3) is 0.294. The summed E-state index contributed by atoms with van der Waals surface area (Å²) in [7, 11) is -3.92. The Morgan fingerprint density at radius 1 is 1.04 bits per heavy atom. The van der Waals surface area contributed by atoms with Crippen LogP contribution in [0.4, 0.5) is 4.39 Å². The van der Waals surface area contributed by atoms with Crippen LogP contribution in [0.3, 0.4) is 0 Å². The minimum Gasteiger partial charge on any atom is -0.323 e. The predicted molar refractivity (Wildman–Crippen MR) is 96.3 cm³/mol. The number of sulfonamides is 1. The van der Waals surface area contributed by atoms with E-state index in [1.165, 1.54) is 23.8 Å². The zero-order valence-corrected chi connectivity index (χ0v) is 15.2. The summed E-state index contributed by atoms with van der Waals surface area (Å²) < 4.78 is 40.2. The Bertz CT molecular complexity index is 764. The molecule has 1 unspecified atom stereocenters. The Labute approximate surface area is 148 Å². The van der Waals surface area contributed by atoms with Crippen LogP contribution in [0.15, 0.2) is 53.4 Å². The van der Waals surface area contributed by atoms with Crippen LogP contribution in [0, 0.1) is 5.82 Å². The van der Waals surface area contributed by atoms with Crippen molar-refractivity contribution in [2.24, 2.45) is 5.73 Å². The van der Waals surface area contributed by atoms with Crippen LogP contribution in [-0.2, 0) is 10.0 Å². The van der Waals surface area contributed by atoms with Gasteiger partial charge in [0.15, 0.2) is 0 Å². The van der Waals surface area contributed by atoms with Gasteiger partial charge in [0.2, 0.25) is 10.0 Å². The number of hydrogen-bond acceptors (Lipinski definition) is 3. The zero-order chi connectivity index (χ0) is 17.0. The van der Waals surface area contributed by atoms with E-state index < -0.39 is 21.9 Å². The van der Waals surface area contributed by atoms with Crippen LogP contribution in [0.2, 0.25) is 0 Å². The van der Waals surface area contributed by atoms with Gasteiger partial charge in [-0.2, -0.15) is 0 Å². The lowest BCUT2D eigenvalue weighted by Crippen LogP contribution is -2.32. The summed E-state index contributed by atoms with van der Waals surface area (Å²) in [6.45, 7) is 4.19. The summed E-state index contributed by atoms with van der Waals surface area (Å²) in [5.41, 5.74) is 8.04. The zero-order valence-electron chi connectivity index (χ0n) is 13.6. The monoisotopic (exact) mass is 372 g/mol. The fourth-order valence-electron chi connectivity index (χ4n) is 2.19. The Balaban J connectivity index is 0.00000288. The Hall–Kier alpha value is -1.47. The largest absolute Gasteiger partial charge is 0.323 e. The average Bonchev–Trinajstić information content (AvgIpc) is 2.53. The van der Waals surface area contributed by atoms with E-state index in [1.807, 2.05) is 24.3 Å². The number of benzene rings is 2. The minimum absolute atomic E-state index is 0. The van der Waals surface area contributed by atoms with Crippen molar-refractivity contribution in [3.05, 3.63) is 65.5 Å². The van der Waals surface area contributed by atoms with Crippen molar-refractivity contribution in [2.45, 2.75) is 30.7 Å². The molecule has 0 amide bonds. The van der Waals surface area contributed by atoms with E-state index in [0.717, 1.165) is 11.6 Å². The molecule has 2 aromatic carbocycles. The van der Waals surface area contributed by atoms with Crippen molar-refractivity contribution in [1.82, 2.24) is 4.72 Å². The molecule has 2 aromatic rings. The second-order valence-corrected chi connectivity index (χ2v) is 7.45. The topological polar surface area (TPSA) is 72.2 Å². The normalized spacial score (nSPS) is 12.7. The van der Waals surface area contributed by atoms with Crippen LogP contribution < -0.4 is 10.5 Å². The highest BCUT2D eigenvalue weighted by molar-refractivity contribution is 7.89. The summed E-state index contributed by atoms with van der Waals surface area (Å²) in [5, 5.41) is 0. The second-order valence-electron chi connectivity index (χ2n) is 5.71. The summed E-state index contributed by atoms with van der Waals surface area (Å²) in [4.78, 5) is -0.373. The second kappa shape index (κ2) is 8.58. The number of hydrogen-bond donors (Lipinski definition) is 2. The van der Waals surface area contributed by atoms with E-state index in [-0.39, 0.29) is 23.8 Å². The molecule has 0 aliphatic carbocycles. The maximum atomic E-state index is 13.6. The molecule has 7 heteroatoms. The molecular formula is C17H22ClFN2O2S. The SMILES string of the molecule is CC(C)c1ccc(C(N)CNS(=O)(=O)c2ccccc2F)cc1.Cl. The first-order valence-electron chi connectivity index (χ1n) is 7.41. The van der Waals surface area contributed by atoms with E-state index >= 15 is 0 Å². The maximum absolute atomic E-state index is 13.6. The molecule has 132 valence electrons. The third kappa shape index (κ3) is 5.01. The number of nitrogens with two attached hydrogens (primary N) is 1. The Kier molecular flexibility index (Phi) is 7.35. The van der Waals surface area contributed by atoms with Crippen molar-refractivity contribution in [1.29, 1.82) is 0 Å². The van der Waals surface area contributed by atoms with Gasteiger partial charge in [0.25, 0.3) is 0 Å². The lowest BCUT2D eigenvalue weighted by atomic mass is 9.99. The lowest BCUT2D eigenvalue weighted by Gasteiger charge is -2.15. The summed E-state index contributed by atoms with van der Waals surface area (Å²) in [6.07, 6.45) is 0. The Morgan fingerprint density at radius 2 is 1.58 bits per heavy atom. The quantitative estimate of drug-likeness (QED) is 0.816.